The van der Waals surface area contributed by atoms with Crippen LogP contribution in [0.5, 0.6) is 0 Å². The van der Waals surface area contributed by atoms with Crippen LogP contribution < -0.4 is 0 Å². The average molecular weight is 170 g/mol. The minimum atomic E-state index is -0.0209. The number of rotatable bonds is 3. The van der Waals surface area contributed by atoms with E-state index in [4.69, 9.17) is 9.47 Å². The molecule has 0 aromatic carbocycles. The maximum atomic E-state index is 5.54. The summed E-state index contributed by atoms with van der Waals surface area (Å²) >= 11 is 0. The van der Waals surface area contributed by atoms with Crippen molar-refractivity contribution < 1.29 is 9.47 Å². The van der Waals surface area contributed by atoms with Crippen molar-refractivity contribution >= 4 is 0 Å². The molecule has 0 amide bonds. The summed E-state index contributed by atoms with van der Waals surface area (Å²) in [5.41, 5.74) is 0. The quantitative estimate of drug-likeness (QED) is 0.648. The Morgan fingerprint density at radius 2 is 2.33 bits per heavy atom. The van der Waals surface area contributed by atoms with Crippen molar-refractivity contribution in [1.29, 1.82) is 0 Å². The van der Waals surface area contributed by atoms with E-state index >= 15 is 0 Å². The zero-order valence-electron chi connectivity index (χ0n) is 8.12. The van der Waals surface area contributed by atoms with Gasteiger partial charge < -0.3 is 9.47 Å². The summed E-state index contributed by atoms with van der Waals surface area (Å²) in [5, 5.41) is 0. The monoisotopic (exact) mass is 170 g/mol. The molecule has 0 saturated heterocycles. The van der Waals surface area contributed by atoms with Crippen LogP contribution in [-0.2, 0) is 9.47 Å². The summed E-state index contributed by atoms with van der Waals surface area (Å²) in [6.45, 7) is 7.24. The molecule has 2 nitrogen and oxygen atoms in total. The summed E-state index contributed by atoms with van der Waals surface area (Å²) in [6, 6.07) is 0. The molecule has 2 unspecified atom stereocenters. The second kappa shape index (κ2) is 4.51. The molecule has 12 heavy (non-hydrogen) atoms. The van der Waals surface area contributed by atoms with Crippen LogP contribution in [0.4, 0.5) is 0 Å². The lowest BCUT2D eigenvalue weighted by Gasteiger charge is -2.23. The maximum Gasteiger partial charge on any atom is 0.199 e. The van der Waals surface area contributed by atoms with Gasteiger partial charge in [0.1, 0.15) is 0 Å². The van der Waals surface area contributed by atoms with Gasteiger partial charge in [0.05, 0.1) is 12.9 Å². The highest BCUT2D eigenvalue weighted by Crippen LogP contribution is 2.17. The summed E-state index contributed by atoms with van der Waals surface area (Å²) < 4.78 is 10.8. The van der Waals surface area contributed by atoms with Crippen molar-refractivity contribution in [3.05, 3.63) is 12.3 Å². The molecule has 0 aromatic rings. The van der Waals surface area contributed by atoms with Gasteiger partial charge >= 0.3 is 0 Å². The first kappa shape index (κ1) is 9.59. The molecule has 2 atom stereocenters. The largest absolute Gasteiger partial charge is 0.473 e. The van der Waals surface area contributed by atoms with E-state index in [2.05, 4.69) is 26.8 Å². The van der Waals surface area contributed by atoms with Gasteiger partial charge in [-0.3, -0.25) is 0 Å². The fraction of sp³-hybridized carbons (Fsp3) is 0.800. The third kappa shape index (κ3) is 3.26. The first-order valence-corrected chi connectivity index (χ1v) is 4.62. The summed E-state index contributed by atoms with van der Waals surface area (Å²) in [7, 11) is 0. The standard InChI is InChI=1S/C10H18O2/c1-8(2)7-12-10-6-9(3)4-5-11-10/h4-5,8-10H,6-7H2,1-3H3. The van der Waals surface area contributed by atoms with Gasteiger partial charge in [0.25, 0.3) is 0 Å². The fourth-order valence-electron chi connectivity index (χ4n) is 1.11. The molecule has 0 aromatic heterocycles. The lowest BCUT2D eigenvalue weighted by atomic mass is 10.1. The van der Waals surface area contributed by atoms with Crippen molar-refractivity contribution in [1.82, 2.24) is 0 Å². The van der Waals surface area contributed by atoms with Crippen molar-refractivity contribution in [3.63, 3.8) is 0 Å². The molecule has 0 N–H and O–H groups in total. The zero-order chi connectivity index (χ0) is 8.97. The van der Waals surface area contributed by atoms with Crippen molar-refractivity contribution in [2.24, 2.45) is 11.8 Å². The summed E-state index contributed by atoms with van der Waals surface area (Å²) in [4.78, 5) is 0. The fourth-order valence-corrected chi connectivity index (χ4v) is 1.11. The van der Waals surface area contributed by atoms with Crippen molar-refractivity contribution in [2.75, 3.05) is 6.61 Å². The van der Waals surface area contributed by atoms with Gasteiger partial charge in [0, 0.05) is 6.42 Å². The van der Waals surface area contributed by atoms with Gasteiger partial charge in [-0.1, -0.05) is 20.8 Å². The first-order valence-electron chi connectivity index (χ1n) is 4.62. The molecule has 70 valence electrons. The van der Waals surface area contributed by atoms with E-state index in [9.17, 15) is 0 Å². The molecule has 0 saturated carbocycles. The molecule has 0 spiro atoms. The molecule has 0 fully saturated rings. The lowest BCUT2D eigenvalue weighted by Crippen LogP contribution is -2.22. The van der Waals surface area contributed by atoms with Gasteiger partial charge in [0.15, 0.2) is 6.29 Å². The summed E-state index contributed by atoms with van der Waals surface area (Å²) in [5.74, 6) is 1.16. The van der Waals surface area contributed by atoms with E-state index in [0.717, 1.165) is 13.0 Å². The Morgan fingerprint density at radius 3 is 2.92 bits per heavy atom. The van der Waals surface area contributed by atoms with Gasteiger partial charge in [0.2, 0.25) is 0 Å². The van der Waals surface area contributed by atoms with Crippen LogP contribution in [0, 0.1) is 11.8 Å². The number of hydrogen-bond acceptors (Lipinski definition) is 2. The molecular formula is C10H18O2. The van der Waals surface area contributed by atoms with E-state index in [1.54, 1.807) is 6.26 Å². The Morgan fingerprint density at radius 1 is 1.58 bits per heavy atom. The predicted molar refractivity (Wildman–Crippen MR) is 48.6 cm³/mol. The van der Waals surface area contributed by atoms with Crippen LogP contribution in [0.3, 0.4) is 0 Å². The highest BCUT2D eigenvalue weighted by Gasteiger charge is 2.16. The molecule has 1 rings (SSSR count). The minimum absolute atomic E-state index is 0.0209. The van der Waals surface area contributed by atoms with E-state index in [-0.39, 0.29) is 6.29 Å². The zero-order valence-corrected chi connectivity index (χ0v) is 8.12. The molecule has 1 aliphatic heterocycles. The normalized spacial score (nSPS) is 29.0. The van der Waals surface area contributed by atoms with E-state index in [1.807, 2.05) is 0 Å². The van der Waals surface area contributed by atoms with Gasteiger partial charge in [-0.25, -0.2) is 0 Å². The molecule has 2 heteroatoms. The first-order chi connectivity index (χ1) is 5.68. The van der Waals surface area contributed by atoms with Crippen LogP contribution in [0.1, 0.15) is 27.2 Å². The number of allylic oxidation sites excluding steroid dienone is 1. The Labute approximate surface area is 74.6 Å². The van der Waals surface area contributed by atoms with Crippen LogP contribution >= 0.6 is 0 Å². The Balaban J connectivity index is 2.21. The Bertz CT molecular complexity index is 152. The predicted octanol–water partition coefficient (Wildman–Crippen LogP) is 2.56. The average Bonchev–Trinajstić information content (AvgIpc) is 2.01. The highest BCUT2D eigenvalue weighted by molar-refractivity contribution is 4.85. The van der Waals surface area contributed by atoms with E-state index in [1.165, 1.54) is 0 Å². The topological polar surface area (TPSA) is 18.5 Å². The van der Waals surface area contributed by atoms with Crippen LogP contribution in [-0.4, -0.2) is 12.9 Å². The number of ether oxygens (including phenoxy) is 2. The molecule has 0 radical (unpaired) electrons. The van der Waals surface area contributed by atoms with Crippen molar-refractivity contribution in [3.8, 4) is 0 Å². The van der Waals surface area contributed by atoms with E-state index in [0.29, 0.717) is 11.8 Å². The van der Waals surface area contributed by atoms with Crippen LogP contribution in [0.2, 0.25) is 0 Å². The second-order valence-corrected chi connectivity index (χ2v) is 3.83. The van der Waals surface area contributed by atoms with Gasteiger partial charge in [-0.05, 0) is 17.9 Å². The third-order valence-electron chi connectivity index (χ3n) is 1.82. The Kier molecular flexibility index (Phi) is 3.60. The molecule has 0 bridgehead atoms. The Hall–Kier alpha value is -0.500. The van der Waals surface area contributed by atoms with Gasteiger partial charge in [-0.2, -0.15) is 0 Å². The second-order valence-electron chi connectivity index (χ2n) is 3.83. The highest BCUT2D eigenvalue weighted by atomic mass is 16.7. The van der Waals surface area contributed by atoms with Crippen LogP contribution in [0.15, 0.2) is 12.3 Å². The molecule has 0 aliphatic carbocycles. The third-order valence-corrected chi connectivity index (χ3v) is 1.82. The number of hydrogen-bond donors (Lipinski definition) is 0. The minimum Gasteiger partial charge on any atom is -0.473 e. The maximum absolute atomic E-state index is 5.54. The SMILES string of the molecule is CC(C)COC1CC(C)C=CO1. The van der Waals surface area contributed by atoms with Crippen LogP contribution in [0.25, 0.3) is 0 Å². The van der Waals surface area contributed by atoms with E-state index < -0.39 is 0 Å². The smallest absolute Gasteiger partial charge is 0.199 e. The molecule has 1 heterocycles. The lowest BCUT2D eigenvalue weighted by molar-refractivity contribution is -0.128. The molecular weight excluding hydrogens is 152 g/mol. The molecule has 1 aliphatic rings. The summed E-state index contributed by atoms with van der Waals surface area (Å²) in [6.07, 6.45) is 4.77. The van der Waals surface area contributed by atoms with Crippen molar-refractivity contribution in [2.45, 2.75) is 33.5 Å². The van der Waals surface area contributed by atoms with Gasteiger partial charge in [-0.15, -0.1) is 0 Å².